The molecule has 4 aliphatic rings. The summed E-state index contributed by atoms with van der Waals surface area (Å²) < 4.78 is 82.1. The number of phenolic OH excluding ortho intramolecular Hbond substituents is 1. The number of anilines is 1. The van der Waals surface area contributed by atoms with Crippen LogP contribution in [0.4, 0.5) is 32.0 Å². The fourth-order valence-corrected chi connectivity index (χ4v) is 7.17. The number of allylic oxidation sites excluding steroid dienone is 6. The number of imide groups is 1. The third-order valence-electron chi connectivity index (χ3n) is 8.70. The van der Waals surface area contributed by atoms with Crippen LogP contribution < -0.4 is 4.90 Å². The van der Waals surface area contributed by atoms with Crippen molar-refractivity contribution in [2.75, 3.05) is 4.90 Å². The first-order chi connectivity index (χ1) is 20.5. The van der Waals surface area contributed by atoms with Gasteiger partial charge in [-0.25, -0.2) is 4.90 Å². The molecule has 44 heavy (non-hydrogen) atoms. The molecule has 0 radical (unpaired) electrons. The van der Waals surface area contributed by atoms with Crippen LogP contribution in [0.3, 0.4) is 0 Å². The quantitative estimate of drug-likeness (QED) is 0.163. The number of Topliss-reactive ketones (excluding diaryl/α,β-unsaturated/α-hetero) is 1. The predicted octanol–water partition coefficient (Wildman–Crippen LogP) is 6.83. The van der Waals surface area contributed by atoms with Crippen LogP contribution in [-0.2, 0) is 31.5 Å². The van der Waals surface area contributed by atoms with Crippen molar-refractivity contribution in [3.8, 4) is 5.75 Å². The van der Waals surface area contributed by atoms with Gasteiger partial charge in [-0.1, -0.05) is 27.6 Å². The number of alkyl halides is 6. The van der Waals surface area contributed by atoms with Gasteiger partial charge in [0.15, 0.2) is 11.6 Å². The van der Waals surface area contributed by atoms with Gasteiger partial charge in [-0.3, -0.25) is 19.2 Å². The van der Waals surface area contributed by atoms with Crippen molar-refractivity contribution in [1.29, 1.82) is 0 Å². The summed E-state index contributed by atoms with van der Waals surface area (Å²) >= 11 is 3.34. The maximum Gasteiger partial charge on any atom is 0.416 e. The Kier molecular flexibility index (Phi) is 6.84. The third kappa shape index (κ3) is 4.63. The Hall–Kier alpha value is -4.00. The number of carbonyl (C=O) groups excluding carboxylic acids is 4. The molecule has 6 rings (SSSR count). The molecule has 3 aliphatic carbocycles. The van der Waals surface area contributed by atoms with Gasteiger partial charge in [-0.2, -0.15) is 26.3 Å². The minimum atomic E-state index is -5.20. The maximum absolute atomic E-state index is 13.9. The number of amides is 2. The summed E-state index contributed by atoms with van der Waals surface area (Å²) in [4.78, 5) is 54.5. The van der Waals surface area contributed by atoms with Crippen LogP contribution in [0.15, 0.2) is 75.3 Å². The maximum atomic E-state index is 13.9. The van der Waals surface area contributed by atoms with Crippen LogP contribution in [0.5, 0.6) is 5.75 Å². The average Bonchev–Trinajstić information content (AvgIpc) is 3.20. The molecule has 1 saturated heterocycles. The van der Waals surface area contributed by atoms with E-state index in [2.05, 4.69) is 15.9 Å². The third-order valence-corrected chi connectivity index (χ3v) is 9.19. The molecule has 1 heterocycles. The molecule has 4 atom stereocenters. The second-order valence-corrected chi connectivity index (χ2v) is 12.1. The standard InChI is InChI=1S/C31H20BrF6NO5/c1-12-6-23(41)21-11-19-17(24(26(21)27(12)42)20-10-15(32)2-5-22(20)40)3-4-18-25(19)29(44)39(28(18)43)16-8-13(30(33,34)35)7-14(9-16)31(36,37)38/h2-3,5-10,18-19,24-25,40H,4,11H2,1H3. The lowest BCUT2D eigenvalue weighted by molar-refractivity contribution is -0.143. The van der Waals surface area contributed by atoms with Crippen LogP contribution in [0.25, 0.3) is 0 Å². The summed E-state index contributed by atoms with van der Waals surface area (Å²) in [5.74, 6) is -7.41. The smallest absolute Gasteiger partial charge is 0.416 e. The van der Waals surface area contributed by atoms with Crippen molar-refractivity contribution in [3.63, 3.8) is 0 Å². The number of hydrogen-bond donors (Lipinski definition) is 1. The molecule has 2 amide bonds. The van der Waals surface area contributed by atoms with E-state index in [9.17, 15) is 50.6 Å². The van der Waals surface area contributed by atoms with Crippen molar-refractivity contribution in [2.24, 2.45) is 17.8 Å². The van der Waals surface area contributed by atoms with Gasteiger partial charge in [0.1, 0.15) is 5.75 Å². The minimum Gasteiger partial charge on any atom is -0.508 e. The second kappa shape index (κ2) is 10.0. The molecule has 1 fully saturated rings. The molecule has 0 saturated carbocycles. The Bertz CT molecular complexity index is 1750. The Morgan fingerprint density at radius 1 is 0.886 bits per heavy atom. The molecule has 0 spiro atoms. The summed E-state index contributed by atoms with van der Waals surface area (Å²) in [6, 6.07) is 5.06. The van der Waals surface area contributed by atoms with Gasteiger partial charge >= 0.3 is 12.4 Å². The first-order valence-corrected chi connectivity index (χ1v) is 14.1. The largest absolute Gasteiger partial charge is 0.508 e. The van der Waals surface area contributed by atoms with Gasteiger partial charge in [0.05, 0.1) is 28.7 Å². The number of phenols is 1. The Morgan fingerprint density at radius 2 is 1.52 bits per heavy atom. The van der Waals surface area contributed by atoms with Crippen molar-refractivity contribution >= 4 is 45.0 Å². The molecule has 0 bridgehead atoms. The summed E-state index contributed by atoms with van der Waals surface area (Å²) in [6.07, 6.45) is -7.89. The molecule has 2 aromatic rings. The summed E-state index contributed by atoms with van der Waals surface area (Å²) in [5.41, 5.74) is -3.15. The number of hydrogen-bond acceptors (Lipinski definition) is 5. The molecule has 0 aromatic heterocycles. The summed E-state index contributed by atoms with van der Waals surface area (Å²) in [7, 11) is 0. The highest BCUT2D eigenvalue weighted by atomic mass is 79.9. The lowest BCUT2D eigenvalue weighted by Crippen LogP contribution is -2.39. The van der Waals surface area contributed by atoms with Crippen LogP contribution in [-0.4, -0.2) is 28.5 Å². The fraction of sp³-hybridized carbons (Fsp3) is 0.290. The first kappa shape index (κ1) is 30.0. The van der Waals surface area contributed by atoms with E-state index in [4.69, 9.17) is 0 Å². The molecular weight excluding hydrogens is 660 g/mol. The normalized spacial score (nSPS) is 25.5. The molecule has 13 heteroatoms. The lowest BCUT2D eigenvalue weighted by Gasteiger charge is -2.42. The van der Waals surface area contributed by atoms with Crippen LogP contribution in [0.1, 0.15) is 42.4 Å². The highest BCUT2D eigenvalue weighted by Crippen LogP contribution is 2.57. The zero-order valence-electron chi connectivity index (χ0n) is 22.5. The van der Waals surface area contributed by atoms with Crippen LogP contribution in [0.2, 0.25) is 0 Å². The number of benzene rings is 2. The number of aromatic hydroxyl groups is 1. The fourth-order valence-electron chi connectivity index (χ4n) is 6.80. The second-order valence-electron chi connectivity index (χ2n) is 11.2. The minimum absolute atomic E-state index is 0.0740. The van der Waals surface area contributed by atoms with Gasteiger partial charge < -0.3 is 5.11 Å². The summed E-state index contributed by atoms with van der Waals surface area (Å²) in [6.45, 7) is 1.47. The van der Waals surface area contributed by atoms with Crippen molar-refractivity contribution < 1.29 is 50.6 Å². The lowest BCUT2D eigenvalue weighted by atomic mass is 9.59. The highest BCUT2D eigenvalue weighted by Gasteiger charge is 2.57. The SMILES string of the molecule is CC1=CC(=O)C2=C(C1=O)C(c1cc(Br)ccc1O)C1=CCC3C(=O)N(c4cc(C(F)(F)F)cc(C(F)(F)F)c4)C(=O)C3C1C2. The van der Waals surface area contributed by atoms with Gasteiger partial charge in [0.2, 0.25) is 11.8 Å². The van der Waals surface area contributed by atoms with E-state index in [0.717, 1.165) is 6.08 Å². The highest BCUT2D eigenvalue weighted by molar-refractivity contribution is 9.10. The number of halogens is 7. The van der Waals surface area contributed by atoms with Gasteiger partial charge in [0, 0.05) is 32.7 Å². The zero-order chi connectivity index (χ0) is 32.0. The first-order valence-electron chi connectivity index (χ1n) is 13.3. The average molecular weight is 680 g/mol. The number of nitrogens with zero attached hydrogens (tertiary/aromatic N) is 1. The van der Waals surface area contributed by atoms with Gasteiger partial charge in [0.25, 0.3) is 0 Å². The molecular formula is C31H20BrF6NO5. The zero-order valence-corrected chi connectivity index (χ0v) is 24.1. The van der Waals surface area contributed by atoms with Crippen molar-refractivity contribution in [1.82, 2.24) is 0 Å². The number of fused-ring (bicyclic) bond motifs is 3. The van der Waals surface area contributed by atoms with E-state index in [1.807, 2.05) is 0 Å². The van der Waals surface area contributed by atoms with E-state index in [1.165, 1.54) is 13.0 Å². The van der Waals surface area contributed by atoms with E-state index in [1.54, 1.807) is 18.2 Å². The molecule has 2 aromatic carbocycles. The molecule has 1 N–H and O–H groups in total. The van der Waals surface area contributed by atoms with E-state index < -0.39 is 76.2 Å². The van der Waals surface area contributed by atoms with Crippen molar-refractivity contribution in [3.05, 3.63) is 92.0 Å². The molecule has 228 valence electrons. The Morgan fingerprint density at radius 3 is 2.14 bits per heavy atom. The number of rotatable bonds is 2. The molecule has 4 unspecified atom stereocenters. The van der Waals surface area contributed by atoms with E-state index >= 15 is 0 Å². The van der Waals surface area contributed by atoms with Crippen molar-refractivity contribution in [2.45, 2.75) is 38.0 Å². The summed E-state index contributed by atoms with van der Waals surface area (Å²) in [5, 5.41) is 10.8. The predicted molar refractivity (Wildman–Crippen MR) is 146 cm³/mol. The topological polar surface area (TPSA) is 91.8 Å². The number of ketones is 2. The van der Waals surface area contributed by atoms with Crippen LogP contribution >= 0.6 is 15.9 Å². The Labute approximate surface area is 253 Å². The molecule has 1 aliphatic heterocycles. The van der Waals surface area contributed by atoms with E-state index in [0.29, 0.717) is 27.1 Å². The van der Waals surface area contributed by atoms with Gasteiger partial charge in [-0.15, -0.1) is 0 Å². The Balaban J connectivity index is 1.49. The molecule has 6 nitrogen and oxygen atoms in total. The van der Waals surface area contributed by atoms with Gasteiger partial charge in [-0.05, 0) is 68.2 Å². The van der Waals surface area contributed by atoms with Crippen LogP contribution in [0, 0.1) is 17.8 Å². The van der Waals surface area contributed by atoms with E-state index in [-0.39, 0.29) is 46.9 Å². The monoisotopic (exact) mass is 679 g/mol. The number of carbonyl (C=O) groups is 4.